The number of benzene rings is 2. The Balaban J connectivity index is 1.50. The van der Waals surface area contributed by atoms with Gasteiger partial charge in [-0.25, -0.2) is 8.42 Å². The van der Waals surface area contributed by atoms with Crippen LogP contribution in [0.25, 0.3) is 0 Å². The number of H-pyrrole nitrogens is 1. The molecule has 150 valence electrons. The smallest absolute Gasteiger partial charge is 0.244 e. The van der Waals surface area contributed by atoms with Gasteiger partial charge in [-0.15, -0.1) is 0 Å². The van der Waals surface area contributed by atoms with Crippen molar-refractivity contribution in [3.63, 3.8) is 0 Å². The molecule has 2 aromatic carbocycles. The molecular formula is C21H22N4O3S. The molecular weight excluding hydrogens is 388 g/mol. The minimum Gasteiger partial charge on any atom is -0.311 e. The van der Waals surface area contributed by atoms with Crippen LogP contribution in [0.4, 0.5) is 5.82 Å². The lowest BCUT2D eigenvalue weighted by molar-refractivity contribution is -0.115. The van der Waals surface area contributed by atoms with Crippen molar-refractivity contribution in [1.82, 2.24) is 14.5 Å². The summed E-state index contributed by atoms with van der Waals surface area (Å²) >= 11 is 0. The molecule has 1 aromatic heterocycles. The lowest BCUT2D eigenvalue weighted by Gasteiger charge is -2.17. The van der Waals surface area contributed by atoms with Crippen LogP contribution in [0.5, 0.6) is 0 Å². The first-order valence-electron chi connectivity index (χ1n) is 9.32. The van der Waals surface area contributed by atoms with Gasteiger partial charge in [0.25, 0.3) is 0 Å². The number of aromatic nitrogens is 2. The third kappa shape index (κ3) is 3.81. The average Bonchev–Trinajstić information content (AvgIpc) is 3.24. The maximum Gasteiger partial charge on any atom is 0.244 e. The minimum absolute atomic E-state index is 0.169. The van der Waals surface area contributed by atoms with Crippen molar-refractivity contribution in [2.75, 3.05) is 5.32 Å². The largest absolute Gasteiger partial charge is 0.311 e. The topological polar surface area (TPSA) is 95.2 Å². The maximum absolute atomic E-state index is 13.0. The number of carbonyl (C=O) groups excluding carboxylic acids is 1. The number of rotatable bonds is 5. The number of hydrogen-bond acceptors (Lipinski definition) is 4. The van der Waals surface area contributed by atoms with Crippen LogP contribution in [-0.4, -0.2) is 28.8 Å². The number of nitrogens with one attached hydrogen (secondary N) is 2. The lowest BCUT2D eigenvalue weighted by Crippen LogP contribution is -2.27. The summed E-state index contributed by atoms with van der Waals surface area (Å²) in [4.78, 5) is 12.7. The van der Waals surface area contributed by atoms with Crippen LogP contribution >= 0.6 is 0 Å². The van der Waals surface area contributed by atoms with Crippen LogP contribution in [-0.2, 0) is 34.3 Å². The summed E-state index contributed by atoms with van der Waals surface area (Å²) in [6.45, 7) is 4.10. The number of nitrogens with zero attached hydrogens (tertiary/aromatic N) is 2. The van der Waals surface area contributed by atoms with Crippen molar-refractivity contribution >= 4 is 21.7 Å². The van der Waals surface area contributed by atoms with E-state index in [4.69, 9.17) is 0 Å². The number of carbonyl (C=O) groups is 1. The van der Waals surface area contributed by atoms with Gasteiger partial charge < -0.3 is 5.32 Å². The van der Waals surface area contributed by atoms with Gasteiger partial charge in [0.15, 0.2) is 0 Å². The Kier molecular flexibility index (Phi) is 4.97. The lowest BCUT2D eigenvalue weighted by atomic mass is 10.1. The van der Waals surface area contributed by atoms with Gasteiger partial charge in [0.2, 0.25) is 15.9 Å². The highest BCUT2D eigenvalue weighted by atomic mass is 32.2. The summed E-state index contributed by atoms with van der Waals surface area (Å²) in [7, 11) is -3.64. The third-order valence-corrected chi connectivity index (χ3v) is 6.99. The molecule has 2 N–H and O–H groups in total. The second-order valence-electron chi connectivity index (χ2n) is 7.28. The first-order chi connectivity index (χ1) is 13.8. The summed E-state index contributed by atoms with van der Waals surface area (Å²) in [5, 5.41) is 9.86. The zero-order valence-electron chi connectivity index (χ0n) is 16.3. The maximum atomic E-state index is 13.0. The quantitative estimate of drug-likeness (QED) is 0.676. The molecule has 1 amide bonds. The molecule has 7 nitrogen and oxygen atoms in total. The normalized spacial score (nSPS) is 14.0. The Labute approximate surface area is 169 Å². The summed E-state index contributed by atoms with van der Waals surface area (Å²) in [5.74, 6) is 0.280. The van der Waals surface area contributed by atoms with Crippen molar-refractivity contribution in [3.8, 4) is 0 Å². The van der Waals surface area contributed by atoms with Gasteiger partial charge in [-0.2, -0.15) is 9.40 Å². The monoisotopic (exact) mass is 410 g/mol. The predicted octanol–water partition coefficient (Wildman–Crippen LogP) is 2.91. The van der Waals surface area contributed by atoms with Gasteiger partial charge in [0, 0.05) is 12.1 Å². The molecule has 0 fully saturated rings. The molecule has 1 aliphatic heterocycles. The van der Waals surface area contributed by atoms with Gasteiger partial charge in [0.1, 0.15) is 5.82 Å². The van der Waals surface area contributed by atoms with E-state index in [1.54, 1.807) is 25.1 Å². The molecule has 2 heterocycles. The number of aryl methyl sites for hydroxylation is 2. The molecule has 3 aromatic rings. The number of aromatic amines is 1. The third-order valence-electron chi connectivity index (χ3n) is 5.04. The number of anilines is 1. The van der Waals surface area contributed by atoms with Crippen LogP contribution in [0.15, 0.2) is 53.4 Å². The van der Waals surface area contributed by atoms with E-state index >= 15 is 0 Å². The van der Waals surface area contributed by atoms with Gasteiger partial charge in [-0.1, -0.05) is 48.0 Å². The number of amides is 1. The SMILES string of the molecule is Cc1cccc(CC(=O)Nc2[nH]nc3c2CN(S(=O)(=O)c2ccccc2C)C3)c1. The standard InChI is InChI=1S/C21H22N4O3S/c1-14-6-5-8-16(10-14)11-20(26)22-21-17-12-25(13-18(17)23-24-21)29(27,28)19-9-4-3-7-15(19)2/h3-10H,11-13H2,1-2H3,(H2,22,23,24,26). The molecule has 29 heavy (non-hydrogen) atoms. The van der Waals surface area contributed by atoms with Gasteiger partial charge >= 0.3 is 0 Å². The minimum atomic E-state index is -3.64. The Bertz CT molecular complexity index is 1180. The Hall–Kier alpha value is -2.97. The number of sulfonamides is 1. The fourth-order valence-corrected chi connectivity index (χ4v) is 5.15. The number of hydrogen-bond donors (Lipinski definition) is 2. The van der Waals surface area contributed by atoms with Gasteiger partial charge in [0.05, 0.1) is 23.6 Å². The molecule has 0 radical (unpaired) electrons. The molecule has 0 aliphatic carbocycles. The van der Waals surface area contributed by atoms with E-state index in [1.807, 2.05) is 37.3 Å². The van der Waals surface area contributed by atoms with E-state index in [2.05, 4.69) is 15.5 Å². The highest BCUT2D eigenvalue weighted by molar-refractivity contribution is 7.89. The van der Waals surface area contributed by atoms with E-state index in [0.29, 0.717) is 27.5 Å². The van der Waals surface area contributed by atoms with Crippen LogP contribution < -0.4 is 5.32 Å². The van der Waals surface area contributed by atoms with E-state index < -0.39 is 10.0 Å². The van der Waals surface area contributed by atoms with Crippen molar-refractivity contribution < 1.29 is 13.2 Å². The fourth-order valence-electron chi connectivity index (χ4n) is 3.55. The van der Waals surface area contributed by atoms with Crippen molar-refractivity contribution in [1.29, 1.82) is 0 Å². The van der Waals surface area contributed by atoms with E-state index in [0.717, 1.165) is 11.1 Å². The van der Waals surface area contributed by atoms with Gasteiger partial charge in [-0.05, 0) is 31.0 Å². The molecule has 0 spiro atoms. The fraction of sp³-hybridized carbons (Fsp3) is 0.238. The summed E-state index contributed by atoms with van der Waals surface area (Å²) in [6, 6.07) is 14.7. The highest BCUT2D eigenvalue weighted by Gasteiger charge is 2.35. The second kappa shape index (κ2) is 7.46. The van der Waals surface area contributed by atoms with E-state index in [-0.39, 0.29) is 25.4 Å². The second-order valence-corrected chi connectivity index (χ2v) is 9.18. The summed E-state index contributed by atoms with van der Waals surface area (Å²) in [6.07, 6.45) is 0.237. The van der Waals surface area contributed by atoms with Crippen molar-refractivity contribution in [2.45, 2.75) is 38.3 Å². The summed E-state index contributed by atoms with van der Waals surface area (Å²) < 4.78 is 27.4. The van der Waals surface area contributed by atoms with Crippen LogP contribution in [0.1, 0.15) is 27.9 Å². The Morgan fingerprint density at radius 2 is 1.93 bits per heavy atom. The average molecular weight is 410 g/mol. The molecule has 4 rings (SSSR count). The van der Waals surface area contributed by atoms with Crippen LogP contribution in [0.3, 0.4) is 0 Å². The predicted molar refractivity (Wildman–Crippen MR) is 110 cm³/mol. The molecule has 8 heteroatoms. The zero-order chi connectivity index (χ0) is 20.6. The zero-order valence-corrected chi connectivity index (χ0v) is 17.1. The Morgan fingerprint density at radius 1 is 1.14 bits per heavy atom. The molecule has 0 bridgehead atoms. The summed E-state index contributed by atoms with van der Waals surface area (Å²) in [5.41, 5.74) is 4.05. The molecule has 0 saturated heterocycles. The first kappa shape index (κ1) is 19.4. The first-order valence-corrected chi connectivity index (χ1v) is 10.8. The molecule has 0 unspecified atom stereocenters. The van der Waals surface area contributed by atoms with Crippen LogP contribution in [0, 0.1) is 13.8 Å². The van der Waals surface area contributed by atoms with E-state index in [1.165, 1.54) is 4.31 Å². The Morgan fingerprint density at radius 3 is 2.69 bits per heavy atom. The van der Waals surface area contributed by atoms with E-state index in [9.17, 15) is 13.2 Å². The molecule has 0 saturated carbocycles. The van der Waals surface area contributed by atoms with Gasteiger partial charge in [-0.3, -0.25) is 9.89 Å². The van der Waals surface area contributed by atoms with Crippen molar-refractivity contribution in [2.24, 2.45) is 0 Å². The highest BCUT2D eigenvalue weighted by Crippen LogP contribution is 2.32. The molecule has 1 aliphatic rings. The van der Waals surface area contributed by atoms with Crippen molar-refractivity contribution in [3.05, 3.63) is 76.5 Å². The number of fused-ring (bicyclic) bond motifs is 1. The molecule has 0 atom stereocenters. The van der Waals surface area contributed by atoms with Crippen LogP contribution in [0.2, 0.25) is 0 Å².